The Balaban J connectivity index is 1.49. The lowest BCUT2D eigenvalue weighted by Gasteiger charge is -2.32. The second kappa shape index (κ2) is 8.57. The van der Waals surface area contributed by atoms with E-state index in [2.05, 4.69) is 15.6 Å². The van der Waals surface area contributed by atoms with Crippen LogP contribution in [0.4, 0.5) is 28.0 Å². The summed E-state index contributed by atoms with van der Waals surface area (Å²) in [5.41, 5.74) is -1.82. The molecule has 10 heteroatoms. The van der Waals surface area contributed by atoms with Gasteiger partial charge in [0.15, 0.2) is 0 Å². The van der Waals surface area contributed by atoms with Crippen LogP contribution >= 0.6 is 11.6 Å². The Kier molecular flexibility index (Phi) is 6.13. The third-order valence-corrected chi connectivity index (χ3v) is 6.37. The van der Waals surface area contributed by atoms with Crippen molar-refractivity contribution in [2.75, 3.05) is 18.4 Å². The molecule has 0 bridgehead atoms. The molecule has 2 amide bonds. The molecular formula is C22H25ClF4N4O. The summed E-state index contributed by atoms with van der Waals surface area (Å²) >= 11 is 6.07. The number of likely N-dealkylation sites (tertiary alicyclic amines) is 1. The summed E-state index contributed by atoms with van der Waals surface area (Å²) in [6.45, 7) is 1.93. The van der Waals surface area contributed by atoms with Crippen LogP contribution in [0.1, 0.15) is 44.7 Å². The molecule has 32 heavy (non-hydrogen) atoms. The van der Waals surface area contributed by atoms with Crippen molar-refractivity contribution in [2.45, 2.75) is 63.0 Å². The van der Waals surface area contributed by atoms with E-state index >= 15 is 0 Å². The molecule has 5 nitrogen and oxygen atoms in total. The first kappa shape index (κ1) is 22.9. The monoisotopic (exact) mass is 472 g/mol. The van der Waals surface area contributed by atoms with Crippen LogP contribution in [0.15, 0.2) is 24.3 Å². The van der Waals surface area contributed by atoms with Crippen LogP contribution in [0.25, 0.3) is 10.9 Å². The third kappa shape index (κ3) is 5.19. The fraction of sp³-hybridized carbons (Fsp3) is 0.545. The Labute approximate surface area is 188 Å². The van der Waals surface area contributed by atoms with Crippen LogP contribution in [0.2, 0.25) is 5.02 Å². The van der Waals surface area contributed by atoms with Crippen molar-refractivity contribution >= 4 is 34.2 Å². The number of benzene rings is 1. The van der Waals surface area contributed by atoms with Gasteiger partial charge in [0.05, 0.1) is 12.1 Å². The quantitative estimate of drug-likeness (QED) is 0.557. The lowest BCUT2D eigenvalue weighted by molar-refractivity contribution is -0.140. The number of hydrogen-bond donors (Lipinski definition) is 2. The zero-order valence-corrected chi connectivity index (χ0v) is 18.4. The maximum atomic E-state index is 14.1. The number of halogens is 5. The Bertz CT molecular complexity index is 1010. The van der Waals surface area contributed by atoms with Crippen molar-refractivity contribution in [2.24, 2.45) is 0 Å². The molecule has 4 rings (SSSR count). The van der Waals surface area contributed by atoms with Gasteiger partial charge in [-0.25, -0.2) is 14.2 Å². The normalized spacial score (nSPS) is 26.4. The second-order valence-electron chi connectivity index (χ2n) is 8.95. The Morgan fingerprint density at radius 3 is 2.69 bits per heavy atom. The van der Waals surface area contributed by atoms with Gasteiger partial charge in [-0.3, -0.25) is 0 Å². The number of carbonyl (C=O) groups excluding carboxylic acids is 1. The van der Waals surface area contributed by atoms with Crippen molar-refractivity contribution in [3.05, 3.63) is 35.0 Å². The van der Waals surface area contributed by atoms with Gasteiger partial charge in [0.1, 0.15) is 11.4 Å². The molecule has 174 valence electrons. The molecule has 1 aromatic heterocycles. The van der Waals surface area contributed by atoms with Crippen molar-refractivity contribution in [3.8, 4) is 0 Å². The summed E-state index contributed by atoms with van der Waals surface area (Å²) in [4.78, 5) is 17.7. The standard InChI is InChI=1S/C22H25ClF4N4O/c1-21(24)7-8-31(12-21)20(32)29-15-4-2-3-14(10-15)28-18-11-19(22(25,26)27)30-17-6-5-13(23)9-16(17)18/h5-6,9,11,14-15H,2-4,7-8,10,12H2,1H3,(H,28,30)(H,29,32)/t14-,15+,21?/m0/s1. The Morgan fingerprint density at radius 2 is 2.00 bits per heavy atom. The Morgan fingerprint density at radius 1 is 1.25 bits per heavy atom. The molecule has 2 N–H and O–H groups in total. The average molecular weight is 473 g/mol. The lowest BCUT2D eigenvalue weighted by Crippen LogP contribution is -2.47. The maximum absolute atomic E-state index is 14.1. The molecule has 1 aromatic carbocycles. The van der Waals surface area contributed by atoms with E-state index in [1.165, 1.54) is 24.0 Å². The summed E-state index contributed by atoms with van der Waals surface area (Å²) in [6, 6.07) is 5.01. The highest BCUT2D eigenvalue weighted by atomic mass is 35.5. The van der Waals surface area contributed by atoms with E-state index in [1.807, 2.05) is 0 Å². The van der Waals surface area contributed by atoms with Gasteiger partial charge in [-0.2, -0.15) is 13.2 Å². The molecule has 1 aliphatic carbocycles. The van der Waals surface area contributed by atoms with Crippen molar-refractivity contribution < 1.29 is 22.4 Å². The summed E-state index contributed by atoms with van der Waals surface area (Å²) in [5, 5.41) is 7.10. The summed E-state index contributed by atoms with van der Waals surface area (Å²) in [6.07, 6.45) is -1.38. The number of pyridine rings is 1. The van der Waals surface area contributed by atoms with Crippen molar-refractivity contribution in [1.29, 1.82) is 0 Å². The molecule has 2 fully saturated rings. The minimum absolute atomic E-state index is 0.0667. The molecule has 0 radical (unpaired) electrons. The number of fused-ring (bicyclic) bond motifs is 1. The summed E-state index contributed by atoms with van der Waals surface area (Å²) in [5.74, 6) is 0. The third-order valence-electron chi connectivity index (χ3n) is 6.13. The molecule has 1 unspecified atom stereocenters. The van der Waals surface area contributed by atoms with Gasteiger partial charge in [-0.15, -0.1) is 0 Å². The van der Waals surface area contributed by atoms with Crippen LogP contribution in [-0.4, -0.2) is 46.8 Å². The van der Waals surface area contributed by atoms with Crippen LogP contribution in [0.3, 0.4) is 0 Å². The zero-order chi connectivity index (χ0) is 23.1. The van der Waals surface area contributed by atoms with Crippen LogP contribution in [-0.2, 0) is 6.18 Å². The number of nitrogens with one attached hydrogen (secondary N) is 2. The largest absolute Gasteiger partial charge is 0.433 e. The van der Waals surface area contributed by atoms with Gasteiger partial charge in [0, 0.05) is 41.1 Å². The zero-order valence-electron chi connectivity index (χ0n) is 17.6. The Hall–Kier alpha value is -2.29. The van der Waals surface area contributed by atoms with Crippen LogP contribution in [0, 0.1) is 0 Å². The predicted molar refractivity (Wildman–Crippen MR) is 116 cm³/mol. The molecule has 2 aliphatic rings. The minimum atomic E-state index is -4.58. The first-order valence-electron chi connectivity index (χ1n) is 10.7. The number of alkyl halides is 4. The van der Waals surface area contributed by atoms with Gasteiger partial charge >= 0.3 is 12.2 Å². The molecule has 1 saturated carbocycles. The van der Waals surface area contributed by atoms with Gasteiger partial charge in [-0.1, -0.05) is 11.6 Å². The second-order valence-corrected chi connectivity index (χ2v) is 9.39. The van der Waals surface area contributed by atoms with E-state index in [0.29, 0.717) is 35.5 Å². The number of amides is 2. The first-order chi connectivity index (χ1) is 15.0. The van der Waals surface area contributed by atoms with Crippen molar-refractivity contribution in [1.82, 2.24) is 15.2 Å². The van der Waals surface area contributed by atoms with Crippen LogP contribution < -0.4 is 10.6 Å². The van der Waals surface area contributed by atoms with Crippen molar-refractivity contribution in [3.63, 3.8) is 0 Å². The van der Waals surface area contributed by atoms with E-state index < -0.39 is 17.5 Å². The highest BCUT2D eigenvalue weighted by Gasteiger charge is 2.37. The lowest BCUT2D eigenvalue weighted by atomic mass is 9.90. The molecular weight excluding hydrogens is 448 g/mol. The van der Waals surface area contributed by atoms with Gasteiger partial charge in [-0.05, 0) is 56.9 Å². The molecule has 0 spiro atoms. The number of carbonyl (C=O) groups is 1. The smallest absolute Gasteiger partial charge is 0.382 e. The number of urea groups is 1. The number of hydrogen-bond acceptors (Lipinski definition) is 3. The average Bonchev–Trinajstić information content (AvgIpc) is 3.08. The predicted octanol–water partition coefficient (Wildman–Crippen LogP) is 5.77. The van der Waals surface area contributed by atoms with Gasteiger partial charge in [0.25, 0.3) is 0 Å². The molecule has 1 saturated heterocycles. The number of aromatic nitrogens is 1. The molecule has 2 heterocycles. The molecule has 3 atom stereocenters. The van der Waals surface area contributed by atoms with Crippen LogP contribution in [0.5, 0.6) is 0 Å². The maximum Gasteiger partial charge on any atom is 0.433 e. The van der Waals surface area contributed by atoms with E-state index in [4.69, 9.17) is 11.6 Å². The summed E-state index contributed by atoms with van der Waals surface area (Å²) in [7, 11) is 0. The van der Waals surface area contributed by atoms with E-state index in [1.54, 1.807) is 6.07 Å². The van der Waals surface area contributed by atoms with Gasteiger partial charge < -0.3 is 15.5 Å². The topological polar surface area (TPSA) is 57.3 Å². The molecule has 2 aromatic rings. The fourth-order valence-electron chi connectivity index (χ4n) is 4.50. The number of nitrogens with zero attached hydrogens (tertiary/aromatic N) is 2. The van der Waals surface area contributed by atoms with E-state index in [0.717, 1.165) is 25.3 Å². The number of rotatable bonds is 3. The highest BCUT2D eigenvalue weighted by Crippen LogP contribution is 2.35. The number of anilines is 1. The SMILES string of the molecule is CC1(F)CCN(C(=O)N[C@@H]2CCC[C@H](Nc3cc(C(F)(F)F)nc4ccc(Cl)cc34)C2)C1. The highest BCUT2D eigenvalue weighted by molar-refractivity contribution is 6.31. The van der Waals surface area contributed by atoms with E-state index in [-0.39, 0.29) is 30.2 Å². The molecule has 1 aliphatic heterocycles. The fourth-order valence-corrected chi connectivity index (χ4v) is 4.67. The summed E-state index contributed by atoms with van der Waals surface area (Å²) < 4.78 is 54.2. The minimum Gasteiger partial charge on any atom is -0.382 e. The first-order valence-corrected chi connectivity index (χ1v) is 11.1. The van der Waals surface area contributed by atoms with Gasteiger partial charge in [0.2, 0.25) is 0 Å². The van der Waals surface area contributed by atoms with E-state index in [9.17, 15) is 22.4 Å².